The molecule has 0 atom stereocenters. The van der Waals surface area contributed by atoms with Crippen LogP contribution in [0.25, 0.3) is 0 Å². The maximum Gasteiger partial charge on any atom is 0.119 e. The first kappa shape index (κ1) is 14.3. The molecule has 0 amide bonds. The third-order valence-electron chi connectivity index (χ3n) is 2.54. The first-order chi connectivity index (χ1) is 8.21. The van der Waals surface area contributed by atoms with Crippen molar-refractivity contribution in [3.63, 3.8) is 0 Å². The highest BCUT2D eigenvalue weighted by Crippen LogP contribution is 2.20. The summed E-state index contributed by atoms with van der Waals surface area (Å²) in [5.41, 5.74) is 2.39. The Balaban J connectivity index is 2.57. The molecular weight excluding hydrogens is 250 g/mol. The van der Waals surface area contributed by atoms with Gasteiger partial charge in [-0.25, -0.2) is 0 Å². The molecule has 0 heterocycles. The number of ether oxygens (including phenoxy) is 1. The summed E-state index contributed by atoms with van der Waals surface area (Å²) in [6.45, 7) is 5.16. The molecule has 0 N–H and O–H groups in total. The Morgan fingerprint density at radius 2 is 2.00 bits per heavy atom. The molecule has 0 aliphatic heterocycles. The van der Waals surface area contributed by atoms with Crippen LogP contribution < -0.4 is 4.74 Å². The molecule has 0 saturated heterocycles. The lowest BCUT2D eigenvalue weighted by Crippen LogP contribution is -2.18. The smallest absolute Gasteiger partial charge is 0.119 e. The van der Waals surface area contributed by atoms with Gasteiger partial charge in [0.25, 0.3) is 0 Å². The van der Waals surface area contributed by atoms with E-state index in [-0.39, 0.29) is 0 Å². The lowest BCUT2D eigenvalue weighted by molar-refractivity contribution is 0.274. The van der Waals surface area contributed by atoms with Crippen LogP contribution in [-0.4, -0.2) is 25.1 Å². The predicted molar refractivity (Wildman–Crippen MR) is 80.1 cm³/mol. The van der Waals surface area contributed by atoms with E-state index in [0.29, 0.717) is 12.4 Å². The highest BCUT2D eigenvalue weighted by Gasteiger charge is 2.02. The third-order valence-corrected chi connectivity index (χ3v) is 3.22. The second-order valence-corrected chi connectivity index (χ2v) is 4.39. The number of thiol groups is 2. The van der Waals surface area contributed by atoms with Gasteiger partial charge in [-0.05, 0) is 29.5 Å². The van der Waals surface area contributed by atoms with Crippen molar-refractivity contribution < 1.29 is 4.74 Å². The Kier molecular flexibility index (Phi) is 6.37. The van der Waals surface area contributed by atoms with Crippen molar-refractivity contribution in [3.8, 4) is 5.75 Å². The van der Waals surface area contributed by atoms with Crippen LogP contribution in [0.2, 0.25) is 0 Å². The summed E-state index contributed by atoms with van der Waals surface area (Å²) in [5.74, 6) is 2.33. The highest BCUT2D eigenvalue weighted by atomic mass is 32.1. The van der Waals surface area contributed by atoms with E-state index in [4.69, 9.17) is 4.74 Å². The van der Waals surface area contributed by atoms with Crippen molar-refractivity contribution in [3.05, 3.63) is 42.1 Å². The summed E-state index contributed by atoms with van der Waals surface area (Å²) in [6.07, 6.45) is 1.78. The van der Waals surface area contributed by atoms with Crippen molar-refractivity contribution in [1.82, 2.24) is 4.90 Å². The molecule has 4 heteroatoms. The van der Waals surface area contributed by atoms with Gasteiger partial charge in [0.1, 0.15) is 12.4 Å². The molecule has 0 aliphatic rings. The third kappa shape index (κ3) is 4.56. The number of nitrogens with zero attached hydrogens (tertiary/aromatic N) is 1. The fourth-order valence-corrected chi connectivity index (χ4v) is 2.00. The van der Waals surface area contributed by atoms with E-state index in [1.807, 2.05) is 30.1 Å². The van der Waals surface area contributed by atoms with E-state index in [0.717, 1.165) is 18.0 Å². The Morgan fingerprint density at radius 1 is 1.29 bits per heavy atom. The van der Waals surface area contributed by atoms with Gasteiger partial charge in [-0.3, -0.25) is 0 Å². The van der Waals surface area contributed by atoms with Crippen molar-refractivity contribution in [1.29, 1.82) is 0 Å². The minimum absolute atomic E-state index is 0.648. The summed E-state index contributed by atoms with van der Waals surface area (Å²) in [4.78, 5) is 1.99. The number of rotatable bonds is 7. The summed E-state index contributed by atoms with van der Waals surface area (Å²) in [7, 11) is 1.97. The molecule has 2 nitrogen and oxygen atoms in total. The van der Waals surface area contributed by atoms with E-state index in [2.05, 4.69) is 31.8 Å². The standard InChI is InChI=1S/C13H19NOS2/c1-3-14(2)6-7-15-13-5-4-11(9-16)12(8-13)10-17/h3-5,8,16-17H,1,6-7,9-10H2,2H3. The molecular formula is C13H19NOS2. The summed E-state index contributed by atoms with van der Waals surface area (Å²) < 4.78 is 5.67. The van der Waals surface area contributed by atoms with Gasteiger partial charge in [-0.2, -0.15) is 25.3 Å². The van der Waals surface area contributed by atoms with Crippen LogP contribution in [0.15, 0.2) is 31.0 Å². The molecule has 0 spiro atoms. The highest BCUT2D eigenvalue weighted by molar-refractivity contribution is 7.79. The topological polar surface area (TPSA) is 12.5 Å². The van der Waals surface area contributed by atoms with Crippen LogP contribution in [0.3, 0.4) is 0 Å². The predicted octanol–water partition coefficient (Wildman–Crippen LogP) is 3.00. The molecule has 0 saturated carbocycles. The van der Waals surface area contributed by atoms with E-state index < -0.39 is 0 Å². The van der Waals surface area contributed by atoms with Gasteiger partial charge in [0.2, 0.25) is 0 Å². The maximum absolute atomic E-state index is 5.67. The van der Waals surface area contributed by atoms with Crippen LogP contribution in [0.5, 0.6) is 5.75 Å². The lowest BCUT2D eigenvalue weighted by atomic mass is 10.1. The molecule has 0 fully saturated rings. The molecule has 1 aromatic carbocycles. The summed E-state index contributed by atoms with van der Waals surface area (Å²) in [6, 6.07) is 6.06. The molecule has 1 rings (SSSR count). The Hall–Kier alpha value is -0.740. The van der Waals surface area contributed by atoms with Crippen molar-refractivity contribution in [2.24, 2.45) is 0 Å². The number of benzene rings is 1. The Labute approximate surface area is 114 Å². The average molecular weight is 269 g/mol. The molecule has 0 unspecified atom stereocenters. The fraction of sp³-hybridized carbons (Fsp3) is 0.385. The minimum atomic E-state index is 0.648. The second kappa shape index (κ2) is 7.56. The van der Waals surface area contributed by atoms with Crippen LogP contribution in [0, 0.1) is 0 Å². The minimum Gasteiger partial charge on any atom is -0.492 e. The van der Waals surface area contributed by atoms with Crippen LogP contribution in [0.1, 0.15) is 11.1 Å². The van der Waals surface area contributed by atoms with Gasteiger partial charge < -0.3 is 9.64 Å². The zero-order chi connectivity index (χ0) is 12.7. The van der Waals surface area contributed by atoms with E-state index in [1.165, 1.54) is 11.1 Å². The first-order valence-electron chi connectivity index (χ1n) is 5.50. The molecule has 0 radical (unpaired) electrons. The Morgan fingerprint density at radius 3 is 2.59 bits per heavy atom. The van der Waals surface area contributed by atoms with Crippen LogP contribution in [0.4, 0.5) is 0 Å². The average Bonchev–Trinajstić information content (AvgIpc) is 2.38. The van der Waals surface area contributed by atoms with Crippen molar-refractivity contribution >= 4 is 25.3 Å². The van der Waals surface area contributed by atoms with Gasteiger partial charge in [0.05, 0.1) is 6.54 Å². The number of likely N-dealkylation sites (N-methyl/N-ethyl adjacent to an activating group) is 1. The molecule has 0 aromatic heterocycles. The maximum atomic E-state index is 5.67. The lowest BCUT2D eigenvalue weighted by Gasteiger charge is -2.14. The normalized spacial score (nSPS) is 10.1. The SMILES string of the molecule is C=CN(C)CCOc1ccc(CS)c(CS)c1. The first-order valence-corrected chi connectivity index (χ1v) is 6.77. The van der Waals surface area contributed by atoms with E-state index in [9.17, 15) is 0 Å². The molecule has 0 aliphatic carbocycles. The van der Waals surface area contributed by atoms with Crippen LogP contribution >= 0.6 is 25.3 Å². The molecule has 1 aromatic rings. The molecule has 17 heavy (non-hydrogen) atoms. The van der Waals surface area contributed by atoms with Crippen molar-refractivity contribution in [2.45, 2.75) is 11.5 Å². The van der Waals surface area contributed by atoms with Crippen LogP contribution in [-0.2, 0) is 11.5 Å². The zero-order valence-corrected chi connectivity index (χ0v) is 11.9. The molecule has 94 valence electrons. The van der Waals surface area contributed by atoms with Gasteiger partial charge in [-0.15, -0.1) is 0 Å². The Bertz CT molecular complexity index is 368. The van der Waals surface area contributed by atoms with Gasteiger partial charge >= 0.3 is 0 Å². The quantitative estimate of drug-likeness (QED) is 0.738. The van der Waals surface area contributed by atoms with E-state index >= 15 is 0 Å². The largest absolute Gasteiger partial charge is 0.492 e. The van der Waals surface area contributed by atoms with Gasteiger partial charge in [0, 0.05) is 18.6 Å². The zero-order valence-electron chi connectivity index (χ0n) is 10.1. The fourth-order valence-electron chi connectivity index (χ4n) is 1.39. The molecule has 0 bridgehead atoms. The number of hydrogen-bond donors (Lipinski definition) is 2. The van der Waals surface area contributed by atoms with Gasteiger partial charge in [-0.1, -0.05) is 12.6 Å². The van der Waals surface area contributed by atoms with Crippen molar-refractivity contribution in [2.75, 3.05) is 20.2 Å². The number of hydrogen-bond acceptors (Lipinski definition) is 4. The van der Waals surface area contributed by atoms with Gasteiger partial charge in [0.15, 0.2) is 0 Å². The summed E-state index contributed by atoms with van der Waals surface area (Å²) >= 11 is 8.59. The second-order valence-electron chi connectivity index (χ2n) is 3.76. The summed E-state index contributed by atoms with van der Waals surface area (Å²) in [5, 5.41) is 0. The monoisotopic (exact) mass is 269 g/mol. The van der Waals surface area contributed by atoms with E-state index in [1.54, 1.807) is 6.20 Å².